The number of H-pyrrole nitrogens is 1. The molecule has 2 heterocycles. The number of fused-ring (bicyclic) bond motifs is 5. The molecule has 36 heavy (non-hydrogen) atoms. The highest BCUT2D eigenvalue weighted by molar-refractivity contribution is 6.32. The van der Waals surface area contributed by atoms with Crippen LogP contribution in [0.1, 0.15) is 41.5 Å². The second kappa shape index (κ2) is 10.3. The number of imidazole rings is 1. The van der Waals surface area contributed by atoms with Crippen LogP contribution in [0.25, 0.3) is 22.0 Å². The molecule has 5 rings (SSSR count). The summed E-state index contributed by atoms with van der Waals surface area (Å²) in [6.07, 6.45) is 5.32. The Balaban J connectivity index is 1.54. The molecule has 0 radical (unpaired) electrons. The van der Waals surface area contributed by atoms with Gasteiger partial charge < -0.3 is 20.9 Å². The van der Waals surface area contributed by atoms with E-state index < -0.39 is 6.04 Å². The molecule has 1 aliphatic rings. The van der Waals surface area contributed by atoms with Crippen molar-refractivity contribution >= 4 is 45.6 Å². The average Bonchev–Trinajstić information content (AvgIpc) is 3.28. The van der Waals surface area contributed by atoms with Crippen LogP contribution in [0, 0.1) is 0 Å². The second-order valence-corrected chi connectivity index (χ2v) is 9.02. The van der Waals surface area contributed by atoms with Gasteiger partial charge in [0.1, 0.15) is 16.7 Å². The Labute approximate surface area is 214 Å². The Morgan fingerprint density at radius 3 is 2.78 bits per heavy atom. The van der Waals surface area contributed by atoms with E-state index >= 15 is 0 Å². The van der Waals surface area contributed by atoms with Crippen molar-refractivity contribution in [3.63, 3.8) is 0 Å². The number of hydrogen-bond donors (Lipinski definition) is 4. The van der Waals surface area contributed by atoms with Crippen LogP contribution in [0.2, 0.25) is 5.15 Å². The molecule has 0 saturated heterocycles. The number of hydrogen-bond acceptors (Lipinski definition) is 4. The van der Waals surface area contributed by atoms with Gasteiger partial charge in [-0.05, 0) is 47.9 Å². The summed E-state index contributed by atoms with van der Waals surface area (Å²) in [5.74, 6) is 0.253. The molecule has 0 unspecified atom stereocenters. The van der Waals surface area contributed by atoms with Crippen LogP contribution >= 0.6 is 11.6 Å². The van der Waals surface area contributed by atoms with Gasteiger partial charge in [-0.3, -0.25) is 9.59 Å². The van der Waals surface area contributed by atoms with Crippen LogP contribution in [0.15, 0.2) is 72.8 Å². The van der Waals surface area contributed by atoms with Crippen molar-refractivity contribution in [1.82, 2.24) is 15.3 Å². The van der Waals surface area contributed by atoms with Crippen molar-refractivity contribution in [2.75, 3.05) is 17.7 Å². The highest BCUT2D eigenvalue weighted by Crippen LogP contribution is 2.35. The largest absolute Gasteiger partial charge is 0.388 e. The molecule has 0 fully saturated rings. The summed E-state index contributed by atoms with van der Waals surface area (Å²) >= 11 is 6.61. The molecule has 182 valence electrons. The maximum Gasteiger partial charge on any atom is 0.252 e. The first-order valence-electron chi connectivity index (χ1n) is 11.8. The summed E-state index contributed by atoms with van der Waals surface area (Å²) in [6, 6.07) is 18.7. The minimum Gasteiger partial charge on any atom is -0.388 e. The van der Waals surface area contributed by atoms with Crippen LogP contribution in [0.5, 0.6) is 0 Å². The van der Waals surface area contributed by atoms with E-state index in [2.05, 4.69) is 20.9 Å². The van der Waals surface area contributed by atoms with Gasteiger partial charge in [-0.25, -0.2) is 4.98 Å². The number of nitrogens with one attached hydrogen (secondary N) is 4. The smallest absolute Gasteiger partial charge is 0.252 e. The molecule has 3 aromatic carbocycles. The lowest BCUT2D eigenvalue weighted by Crippen LogP contribution is -2.29. The average molecular weight is 500 g/mol. The van der Waals surface area contributed by atoms with Gasteiger partial charge in [-0.15, -0.1) is 0 Å². The predicted molar refractivity (Wildman–Crippen MR) is 144 cm³/mol. The first kappa shape index (κ1) is 23.6. The van der Waals surface area contributed by atoms with Crippen molar-refractivity contribution in [1.29, 1.82) is 0 Å². The van der Waals surface area contributed by atoms with Crippen molar-refractivity contribution in [2.24, 2.45) is 0 Å². The molecule has 1 aromatic heterocycles. The first-order chi connectivity index (χ1) is 17.5. The zero-order chi connectivity index (χ0) is 25.1. The minimum atomic E-state index is -0.441. The molecule has 0 saturated carbocycles. The topological polar surface area (TPSA) is 98.9 Å². The second-order valence-electron chi connectivity index (χ2n) is 8.64. The van der Waals surface area contributed by atoms with Crippen LogP contribution < -0.4 is 16.0 Å². The number of aromatic nitrogens is 2. The number of anilines is 2. The van der Waals surface area contributed by atoms with E-state index in [9.17, 15) is 9.59 Å². The Bertz CT molecular complexity index is 1470. The third-order valence-electron chi connectivity index (χ3n) is 6.26. The van der Waals surface area contributed by atoms with E-state index in [1.807, 2.05) is 79.9 Å². The van der Waals surface area contributed by atoms with Gasteiger partial charge >= 0.3 is 0 Å². The van der Waals surface area contributed by atoms with Crippen LogP contribution in [-0.2, 0) is 4.79 Å². The van der Waals surface area contributed by atoms with E-state index in [1.165, 1.54) is 0 Å². The molecule has 8 heteroatoms. The fourth-order valence-corrected chi connectivity index (χ4v) is 4.64. The highest BCUT2D eigenvalue weighted by Gasteiger charge is 2.23. The maximum absolute atomic E-state index is 13.4. The van der Waals surface area contributed by atoms with Crippen molar-refractivity contribution in [3.05, 3.63) is 89.4 Å². The number of allylic oxidation sites excluding steroid dienone is 1. The Morgan fingerprint density at radius 2 is 1.92 bits per heavy atom. The standard InChI is InChI=1S/C28H26ClN5O2/c1-30-18-14-15-21-23(16-18)31-24(35)13-4-2-3-12-22(27-33-25(21)26(29)34-27)32-28(36)20-11-7-9-17-8-5-6-10-19(17)20/h2-3,5-11,14-16,22,30H,4,12-13H2,1H3,(H,31,35)(H,32,36)(H,33,34)/b3-2+/t22-/m0/s1. The number of halogens is 1. The Kier molecular flexibility index (Phi) is 6.73. The van der Waals surface area contributed by atoms with Crippen LogP contribution in [0.4, 0.5) is 11.4 Å². The molecule has 0 aliphatic carbocycles. The molecule has 4 aromatic rings. The van der Waals surface area contributed by atoms with E-state index in [0.29, 0.717) is 52.7 Å². The summed E-state index contributed by atoms with van der Waals surface area (Å²) in [7, 11) is 1.82. The summed E-state index contributed by atoms with van der Waals surface area (Å²) in [5.41, 5.74) is 3.27. The lowest BCUT2D eigenvalue weighted by molar-refractivity contribution is -0.116. The molecular formula is C28H26ClN5O2. The number of carbonyl (C=O) groups is 2. The zero-order valence-corrected chi connectivity index (χ0v) is 20.5. The van der Waals surface area contributed by atoms with Crippen molar-refractivity contribution in [3.8, 4) is 11.3 Å². The lowest BCUT2D eigenvalue weighted by Gasteiger charge is -2.16. The van der Waals surface area contributed by atoms with Crippen molar-refractivity contribution < 1.29 is 9.59 Å². The van der Waals surface area contributed by atoms with E-state index in [-0.39, 0.29) is 11.8 Å². The zero-order valence-electron chi connectivity index (χ0n) is 19.8. The van der Waals surface area contributed by atoms with Crippen LogP contribution in [-0.4, -0.2) is 28.8 Å². The fourth-order valence-electron chi connectivity index (χ4n) is 4.40. The number of benzene rings is 3. The van der Waals surface area contributed by atoms with Crippen LogP contribution in [0.3, 0.4) is 0 Å². The third kappa shape index (κ3) is 4.83. The maximum atomic E-state index is 13.4. The van der Waals surface area contributed by atoms with E-state index in [4.69, 9.17) is 16.6 Å². The fraction of sp³-hybridized carbons (Fsp3) is 0.179. The van der Waals surface area contributed by atoms with Gasteiger partial charge in [0.25, 0.3) is 5.91 Å². The molecule has 4 N–H and O–H groups in total. The summed E-state index contributed by atoms with van der Waals surface area (Å²) in [6.45, 7) is 0. The van der Waals surface area contributed by atoms with E-state index in [1.54, 1.807) is 0 Å². The summed E-state index contributed by atoms with van der Waals surface area (Å²) < 4.78 is 0. The molecule has 1 aliphatic heterocycles. The molecular weight excluding hydrogens is 474 g/mol. The Hall–Kier alpha value is -4.10. The van der Waals surface area contributed by atoms with Gasteiger partial charge in [0.2, 0.25) is 5.91 Å². The third-order valence-corrected chi connectivity index (χ3v) is 6.54. The molecule has 7 nitrogen and oxygen atoms in total. The van der Waals surface area contributed by atoms with Crippen molar-refractivity contribution in [2.45, 2.75) is 25.3 Å². The normalized spacial score (nSPS) is 16.6. The molecule has 2 bridgehead atoms. The van der Waals surface area contributed by atoms with Gasteiger partial charge in [-0.2, -0.15) is 0 Å². The predicted octanol–water partition coefficient (Wildman–Crippen LogP) is 6.07. The quantitative estimate of drug-likeness (QED) is 0.257. The molecule has 2 amide bonds. The van der Waals surface area contributed by atoms with E-state index in [0.717, 1.165) is 16.5 Å². The highest BCUT2D eigenvalue weighted by atomic mass is 35.5. The summed E-state index contributed by atoms with van der Waals surface area (Å²) in [4.78, 5) is 33.9. The number of rotatable bonds is 3. The monoisotopic (exact) mass is 499 g/mol. The van der Waals surface area contributed by atoms with Gasteiger partial charge in [-0.1, -0.05) is 60.2 Å². The number of carbonyl (C=O) groups excluding carboxylic acids is 2. The number of aromatic amines is 1. The van der Waals surface area contributed by atoms with Gasteiger partial charge in [0.05, 0.1) is 11.7 Å². The number of nitrogens with zero attached hydrogens (tertiary/aromatic N) is 1. The minimum absolute atomic E-state index is 0.0962. The van der Waals surface area contributed by atoms with Gasteiger partial charge in [0, 0.05) is 30.3 Å². The molecule has 0 spiro atoms. The first-order valence-corrected chi connectivity index (χ1v) is 12.2. The SMILES string of the molecule is CNc1ccc2c(c1)NC(=O)CC/C=C/C[C@H](NC(=O)c1cccc3ccccc13)c1nc-2c(Cl)[nH]1. The Morgan fingerprint density at radius 1 is 1.08 bits per heavy atom. The molecule has 1 atom stereocenters. The number of amides is 2. The summed E-state index contributed by atoms with van der Waals surface area (Å²) in [5, 5.41) is 11.4. The lowest BCUT2D eigenvalue weighted by atomic mass is 10.0. The van der Waals surface area contributed by atoms with Gasteiger partial charge in [0.15, 0.2) is 0 Å².